The van der Waals surface area contributed by atoms with Crippen LogP contribution in [0.4, 0.5) is 10.9 Å². The van der Waals surface area contributed by atoms with Crippen LogP contribution in [0, 0.1) is 0 Å². The summed E-state index contributed by atoms with van der Waals surface area (Å²) in [5.41, 5.74) is 5.75. The summed E-state index contributed by atoms with van der Waals surface area (Å²) in [6.45, 7) is 3.88. The van der Waals surface area contributed by atoms with Crippen LogP contribution in [0.3, 0.4) is 0 Å². The van der Waals surface area contributed by atoms with E-state index >= 15 is 0 Å². The number of anilines is 2. The first kappa shape index (κ1) is 16.1. The minimum absolute atomic E-state index is 0.171. The van der Waals surface area contributed by atoms with E-state index in [1.807, 2.05) is 6.26 Å². The van der Waals surface area contributed by atoms with Gasteiger partial charge < -0.3 is 21.1 Å². The Bertz CT molecular complexity index is 411. The Morgan fingerprint density at radius 1 is 1.63 bits per heavy atom. The number of rotatable bonds is 8. The van der Waals surface area contributed by atoms with Crippen LogP contribution < -0.4 is 16.4 Å². The molecule has 0 aliphatic heterocycles. The van der Waals surface area contributed by atoms with E-state index in [9.17, 15) is 4.79 Å². The zero-order valence-corrected chi connectivity index (χ0v) is 13.0. The van der Waals surface area contributed by atoms with Gasteiger partial charge in [-0.1, -0.05) is 18.3 Å². The van der Waals surface area contributed by atoms with Gasteiger partial charge in [-0.3, -0.25) is 4.79 Å². The number of ether oxygens (including phenoxy) is 1. The molecule has 1 aromatic rings. The number of nitrogens with two attached hydrogens (primary N) is 1. The molecule has 0 bridgehead atoms. The molecule has 0 saturated heterocycles. The van der Waals surface area contributed by atoms with Crippen LogP contribution in [0.2, 0.25) is 0 Å². The molecule has 0 fully saturated rings. The standard InChI is InChI=1S/C11H20N4O2S2/c1-7(18-3)6-14-10(16)8-9(12)15-11(19-8)13-4-5-17-2/h7H,4-6,12H2,1-3H3,(H,13,15)(H,14,16). The molecule has 0 radical (unpaired) electrons. The first-order valence-electron chi connectivity index (χ1n) is 5.88. The summed E-state index contributed by atoms with van der Waals surface area (Å²) in [4.78, 5) is 16.5. The Kier molecular flexibility index (Phi) is 6.96. The average molecular weight is 304 g/mol. The SMILES string of the molecule is COCCNc1nc(N)c(C(=O)NCC(C)SC)s1. The zero-order valence-electron chi connectivity index (χ0n) is 11.4. The lowest BCUT2D eigenvalue weighted by atomic mass is 10.4. The van der Waals surface area contributed by atoms with Gasteiger partial charge in [0.1, 0.15) is 10.7 Å². The van der Waals surface area contributed by atoms with E-state index in [1.54, 1.807) is 18.9 Å². The third kappa shape index (κ3) is 5.25. The third-order valence-corrected chi connectivity index (χ3v) is 4.39. The molecular formula is C11H20N4O2S2. The summed E-state index contributed by atoms with van der Waals surface area (Å²) in [7, 11) is 1.63. The van der Waals surface area contributed by atoms with E-state index in [1.165, 1.54) is 11.3 Å². The molecule has 0 saturated carbocycles. The average Bonchev–Trinajstić information content (AvgIpc) is 2.77. The quantitative estimate of drug-likeness (QED) is 0.627. The summed E-state index contributed by atoms with van der Waals surface area (Å²) >= 11 is 2.96. The van der Waals surface area contributed by atoms with E-state index in [0.29, 0.717) is 35.0 Å². The van der Waals surface area contributed by atoms with Crippen LogP contribution in [0.5, 0.6) is 0 Å². The van der Waals surface area contributed by atoms with Gasteiger partial charge in [0.05, 0.1) is 6.61 Å². The molecular weight excluding hydrogens is 284 g/mol. The van der Waals surface area contributed by atoms with E-state index in [-0.39, 0.29) is 11.7 Å². The monoisotopic (exact) mass is 304 g/mol. The maximum atomic E-state index is 11.9. The fraction of sp³-hybridized carbons (Fsp3) is 0.636. The zero-order chi connectivity index (χ0) is 14.3. The normalized spacial score (nSPS) is 12.2. The number of carbonyl (C=O) groups excluding carboxylic acids is 1. The molecule has 8 heteroatoms. The van der Waals surface area contributed by atoms with Crippen molar-refractivity contribution in [2.75, 3.05) is 44.1 Å². The highest BCUT2D eigenvalue weighted by Crippen LogP contribution is 2.24. The van der Waals surface area contributed by atoms with Crippen molar-refractivity contribution in [3.8, 4) is 0 Å². The molecule has 0 aliphatic carbocycles. The lowest BCUT2D eigenvalue weighted by Crippen LogP contribution is -2.29. The van der Waals surface area contributed by atoms with Gasteiger partial charge in [0.2, 0.25) is 0 Å². The van der Waals surface area contributed by atoms with Crippen LogP contribution in [0.25, 0.3) is 0 Å². The smallest absolute Gasteiger partial charge is 0.265 e. The minimum Gasteiger partial charge on any atom is -0.383 e. The number of amides is 1. The number of nitrogens with one attached hydrogen (secondary N) is 2. The molecule has 19 heavy (non-hydrogen) atoms. The van der Waals surface area contributed by atoms with E-state index in [4.69, 9.17) is 10.5 Å². The largest absolute Gasteiger partial charge is 0.383 e. The fourth-order valence-electron chi connectivity index (χ4n) is 1.23. The maximum absolute atomic E-state index is 11.9. The number of thioether (sulfide) groups is 1. The van der Waals surface area contributed by atoms with Gasteiger partial charge in [-0.15, -0.1) is 0 Å². The molecule has 1 amide bonds. The summed E-state index contributed by atoms with van der Waals surface area (Å²) in [5, 5.41) is 6.91. The number of hydrogen-bond donors (Lipinski definition) is 3. The number of hydrogen-bond acceptors (Lipinski definition) is 7. The molecule has 0 spiro atoms. The Morgan fingerprint density at radius 2 is 2.37 bits per heavy atom. The molecule has 0 aromatic carbocycles. The molecule has 1 unspecified atom stereocenters. The number of nitrogens with zero attached hydrogens (tertiary/aromatic N) is 1. The van der Waals surface area contributed by atoms with Crippen LogP contribution >= 0.6 is 23.1 Å². The second-order valence-corrected chi connectivity index (χ2v) is 6.18. The molecule has 6 nitrogen and oxygen atoms in total. The van der Waals surface area contributed by atoms with Crippen molar-refractivity contribution in [3.05, 3.63) is 4.88 Å². The van der Waals surface area contributed by atoms with Crippen molar-refractivity contribution >= 4 is 40.0 Å². The molecule has 1 aromatic heterocycles. The summed E-state index contributed by atoms with van der Waals surface area (Å²) in [6.07, 6.45) is 2.01. The second kappa shape index (κ2) is 8.23. The molecule has 0 aliphatic rings. The van der Waals surface area contributed by atoms with Crippen LogP contribution in [-0.4, -0.2) is 49.2 Å². The first-order valence-corrected chi connectivity index (χ1v) is 7.99. The molecule has 1 heterocycles. The van der Waals surface area contributed by atoms with E-state index < -0.39 is 0 Å². The molecule has 4 N–H and O–H groups in total. The summed E-state index contributed by atoms with van der Waals surface area (Å²) in [6, 6.07) is 0. The number of aromatic nitrogens is 1. The molecule has 1 atom stereocenters. The lowest BCUT2D eigenvalue weighted by Gasteiger charge is -2.08. The second-order valence-electron chi connectivity index (χ2n) is 3.91. The molecule has 1 rings (SSSR count). The lowest BCUT2D eigenvalue weighted by molar-refractivity contribution is 0.0959. The summed E-state index contributed by atoms with van der Waals surface area (Å²) in [5.74, 6) is 0.0925. The predicted molar refractivity (Wildman–Crippen MR) is 82.2 cm³/mol. The number of thiazole rings is 1. The topological polar surface area (TPSA) is 89.3 Å². The minimum atomic E-state index is -0.171. The molecule has 108 valence electrons. The third-order valence-electron chi connectivity index (χ3n) is 2.39. The van der Waals surface area contributed by atoms with E-state index in [2.05, 4.69) is 22.5 Å². The van der Waals surface area contributed by atoms with Gasteiger partial charge in [-0.25, -0.2) is 4.98 Å². The Labute approximate surface area is 121 Å². The van der Waals surface area contributed by atoms with Crippen molar-refractivity contribution in [2.24, 2.45) is 0 Å². The van der Waals surface area contributed by atoms with Gasteiger partial charge in [0, 0.05) is 25.4 Å². The van der Waals surface area contributed by atoms with Gasteiger partial charge in [-0.05, 0) is 6.26 Å². The van der Waals surface area contributed by atoms with Crippen LogP contribution in [-0.2, 0) is 4.74 Å². The van der Waals surface area contributed by atoms with Crippen molar-refractivity contribution in [1.82, 2.24) is 10.3 Å². The van der Waals surface area contributed by atoms with Crippen molar-refractivity contribution in [1.29, 1.82) is 0 Å². The number of carbonyl (C=O) groups is 1. The van der Waals surface area contributed by atoms with Crippen molar-refractivity contribution < 1.29 is 9.53 Å². The Morgan fingerprint density at radius 3 is 3.00 bits per heavy atom. The van der Waals surface area contributed by atoms with Crippen molar-refractivity contribution in [2.45, 2.75) is 12.2 Å². The highest BCUT2D eigenvalue weighted by molar-refractivity contribution is 7.99. The van der Waals surface area contributed by atoms with Gasteiger partial charge in [-0.2, -0.15) is 11.8 Å². The first-order chi connectivity index (χ1) is 9.08. The fourth-order valence-corrected chi connectivity index (χ4v) is 2.31. The number of nitrogen functional groups attached to an aromatic ring is 1. The van der Waals surface area contributed by atoms with Crippen molar-refractivity contribution in [3.63, 3.8) is 0 Å². The van der Waals surface area contributed by atoms with Gasteiger partial charge in [0.25, 0.3) is 5.91 Å². The highest BCUT2D eigenvalue weighted by atomic mass is 32.2. The van der Waals surface area contributed by atoms with E-state index in [0.717, 1.165) is 0 Å². The summed E-state index contributed by atoms with van der Waals surface area (Å²) < 4.78 is 4.93. The Hall–Kier alpha value is -0.990. The maximum Gasteiger partial charge on any atom is 0.265 e. The van der Waals surface area contributed by atoms with Gasteiger partial charge >= 0.3 is 0 Å². The number of methoxy groups -OCH3 is 1. The Balaban J connectivity index is 2.54. The van der Waals surface area contributed by atoms with Crippen LogP contribution in [0.15, 0.2) is 0 Å². The van der Waals surface area contributed by atoms with Gasteiger partial charge in [0.15, 0.2) is 5.13 Å². The van der Waals surface area contributed by atoms with Crippen LogP contribution in [0.1, 0.15) is 16.6 Å². The highest BCUT2D eigenvalue weighted by Gasteiger charge is 2.16. The predicted octanol–water partition coefficient (Wildman–Crippen LogP) is 1.26.